The van der Waals surface area contributed by atoms with Crippen LogP contribution in [0.3, 0.4) is 0 Å². The van der Waals surface area contributed by atoms with Gasteiger partial charge in [0.2, 0.25) is 10.0 Å². The van der Waals surface area contributed by atoms with Crippen LogP contribution >= 0.6 is 11.3 Å². The van der Waals surface area contributed by atoms with E-state index in [1.54, 1.807) is 23.5 Å². The van der Waals surface area contributed by atoms with Crippen LogP contribution in [0.1, 0.15) is 45.4 Å². The van der Waals surface area contributed by atoms with Gasteiger partial charge in [-0.3, -0.25) is 0 Å². The van der Waals surface area contributed by atoms with Crippen LogP contribution < -0.4 is 5.32 Å². The van der Waals surface area contributed by atoms with Crippen molar-refractivity contribution < 1.29 is 13.2 Å². The van der Waals surface area contributed by atoms with Gasteiger partial charge >= 0.3 is 0 Å². The van der Waals surface area contributed by atoms with Crippen molar-refractivity contribution in [2.75, 3.05) is 38.2 Å². The number of nitrogens with zero attached hydrogens (tertiary/aromatic N) is 2. The number of hydrogen-bond donors (Lipinski definition) is 1. The van der Waals surface area contributed by atoms with E-state index in [9.17, 15) is 8.42 Å². The minimum absolute atomic E-state index is 0.319. The maximum absolute atomic E-state index is 12.7. The maximum Gasteiger partial charge on any atom is 0.243 e. The quantitative estimate of drug-likeness (QED) is 0.520. The van der Waals surface area contributed by atoms with Gasteiger partial charge in [0.05, 0.1) is 23.8 Å². The summed E-state index contributed by atoms with van der Waals surface area (Å²) in [5.41, 5.74) is 1.80. The summed E-state index contributed by atoms with van der Waals surface area (Å²) >= 11 is 1.59. The Labute approximate surface area is 178 Å². The second kappa shape index (κ2) is 11.1. The molecule has 0 spiro atoms. The molecule has 1 aliphatic rings. The normalized spacial score (nSPS) is 15.5. The molecule has 1 aromatic heterocycles. The van der Waals surface area contributed by atoms with Crippen LogP contribution in [0.5, 0.6) is 0 Å². The van der Waals surface area contributed by atoms with Gasteiger partial charge in [-0.2, -0.15) is 4.31 Å². The molecule has 1 fully saturated rings. The lowest BCUT2D eigenvalue weighted by Gasteiger charge is -2.26. The highest BCUT2D eigenvalue weighted by atomic mass is 32.2. The molecule has 2 heterocycles. The number of rotatable bonds is 11. The zero-order chi connectivity index (χ0) is 20.5. The summed E-state index contributed by atoms with van der Waals surface area (Å²) in [6.45, 7) is 4.89. The van der Waals surface area contributed by atoms with Crippen molar-refractivity contribution in [3.05, 3.63) is 29.6 Å². The summed E-state index contributed by atoms with van der Waals surface area (Å²) in [4.78, 5) is 4.96. The summed E-state index contributed by atoms with van der Waals surface area (Å²) < 4.78 is 32.2. The molecule has 0 bridgehead atoms. The molecule has 1 aliphatic heterocycles. The molecule has 29 heavy (non-hydrogen) atoms. The first kappa shape index (κ1) is 22.2. The van der Waals surface area contributed by atoms with Gasteiger partial charge in [-0.05, 0) is 18.6 Å². The van der Waals surface area contributed by atoms with Gasteiger partial charge in [0.25, 0.3) is 0 Å². The number of nitrogens with one attached hydrogen (secondary N) is 1. The molecule has 0 aliphatic carbocycles. The zero-order valence-electron chi connectivity index (χ0n) is 17.1. The highest BCUT2D eigenvalue weighted by Gasteiger charge is 2.26. The van der Waals surface area contributed by atoms with Crippen LogP contribution in [0.25, 0.3) is 11.3 Å². The van der Waals surface area contributed by atoms with E-state index < -0.39 is 10.0 Å². The first-order valence-electron chi connectivity index (χ1n) is 10.5. The molecular formula is C21H31N3O3S2. The zero-order valence-corrected chi connectivity index (χ0v) is 18.7. The van der Waals surface area contributed by atoms with Crippen molar-refractivity contribution in [3.8, 4) is 11.3 Å². The molecule has 3 rings (SSSR count). The molecule has 0 atom stereocenters. The molecule has 8 heteroatoms. The van der Waals surface area contributed by atoms with E-state index in [0.29, 0.717) is 31.2 Å². The van der Waals surface area contributed by atoms with E-state index in [2.05, 4.69) is 17.2 Å². The number of thiazole rings is 1. The Hall–Kier alpha value is -1.48. The number of aromatic nitrogens is 1. The molecule has 0 radical (unpaired) electrons. The standard InChI is InChI=1S/C21H31N3O3S2/c1-2-3-4-5-6-7-12-22-21-23-20(17-28-21)18-8-10-19(11-9-18)29(25,26)24-13-15-27-16-14-24/h8-11,17H,2-7,12-16H2,1H3,(H,22,23). The first-order chi connectivity index (χ1) is 14.1. The Balaban J connectivity index is 1.52. The third-order valence-corrected chi connectivity index (χ3v) is 7.78. The number of sulfonamides is 1. The molecule has 0 unspecified atom stereocenters. The second-order valence-electron chi connectivity index (χ2n) is 7.27. The summed E-state index contributed by atoms with van der Waals surface area (Å²) in [7, 11) is -3.46. The second-order valence-corrected chi connectivity index (χ2v) is 10.1. The molecule has 2 aromatic rings. The Kier molecular flexibility index (Phi) is 8.47. The van der Waals surface area contributed by atoms with Crippen molar-refractivity contribution in [2.24, 2.45) is 0 Å². The summed E-state index contributed by atoms with van der Waals surface area (Å²) in [5, 5.41) is 6.32. The van der Waals surface area contributed by atoms with Crippen molar-refractivity contribution >= 4 is 26.5 Å². The average molecular weight is 438 g/mol. The van der Waals surface area contributed by atoms with E-state index in [0.717, 1.165) is 29.4 Å². The fourth-order valence-corrected chi connectivity index (χ4v) is 5.48. The van der Waals surface area contributed by atoms with Crippen LogP contribution in [0.15, 0.2) is 34.5 Å². The molecule has 0 amide bonds. The number of hydrogen-bond acceptors (Lipinski definition) is 6. The smallest absolute Gasteiger partial charge is 0.243 e. The van der Waals surface area contributed by atoms with Crippen LogP contribution in [0.2, 0.25) is 0 Å². The van der Waals surface area contributed by atoms with Crippen molar-refractivity contribution in [2.45, 2.75) is 50.3 Å². The van der Waals surface area contributed by atoms with Gasteiger partial charge < -0.3 is 10.1 Å². The third kappa shape index (κ3) is 6.25. The topological polar surface area (TPSA) is 71.5 Å². The highest BCUT2D eigenvalue weighted by Crippen LogP contribution is 2.27. The SMILES string of the molecule is CCCCCCCCNc1nc(-c2ccc(S(=O)(=O)N3CCOCC3)cc2)cs1. The third-order valence-electron chi connectivity index (χ3n) is 5.07. The fraction of sp³-hybridized carbons (Fsp3) is 0.571. The van der Waals surface area contributed by atoms with E-state index in [-0.39, 0.29) is 0 Å². The van der Waals surface area contributed by atoms with Crippen LogP contribution in [0.4, 0.5) is 5.13 Å². The van der Waals surface area contributed by atoms with Gasteiger partial charge in [0, 0.05) is 30.6 Å². The molecular weight excluding hydrogens is 406 g/mol. The maximum atomic E-state index is 12.7. The predicted molar refractivity (Wildman–Crippen MR) is 119 cm³/mol. The number of morpholine rings is 1. The molecule has 1 saturated heterocycles. The molecule has 1 aromatic carbocycles. The first-order valence-corrected chi connectivity index (χ1v) is 12.8. The van der Waals surface area contributed by atoms with Crippen LogP contribution in [-0.2, 0) is 14.8 Å². The lowest BCUT2D eigenvalue weighted by Crippen LogP contribution is -2.40. The molecule has 0 saturated carbocycles. The van der Waals surface area contributed by atoms with Gasteiger partial charge in [-0.15, -0.1) is 11.3 Å². The lowest BCUT2D eigenvalue weighted by atomic mass is 10.1. The van der Waals surface area contributed by atoms with E-state index in [1.165, 1.54) is 36.4 Å². The van der Waals surface area contributed by atoms with E-state index in [1.807, 2.05) is 17.5 Å². The van der Waals surface area contributed by atoms with Gasteiger partial charge in [0.15, 0.2) is 5.13 Å². The number of unbranched alkanes of at least 4 members (excludes halogenated alkanes) is 5. The van der Waals surface area contributed by atoms with Gasteiger partial charge in [-0.25, -0.2) is 13.4 Å². The number of benzene rings is 1. The Morgan fingerprint density at radius 3 is 2.48 bits per heavy atom. The molecule has 160 valence electrons. The summed E-state index contributed by atoms with van der Waals surface area (Å²) in [5.74, 6) is 0. The number of anilines is 1. The largest absolute Gasteiger partial charge is 0.379 e. The van der Waals surface area contributed by atoms with Crippen LogP contribution in [0, 0.1) is 0 Å². The fourth-order valence-electron chi connectivity index (χ4n) is 3.32. The molecule has 1 N–H and O–H groups in total. The highest BCUT2D eigenvalue weighted by molar-refractivity contribution is 7.89. The Morgan fingerprint density at radius 1 is 1.07 bits per heavy atom. The predicted octanol–water partition coefficient (Wildman–Crippen LogP) is 4.60. The van der Waals surface area contributed by atoms with Crippen molar-refractivity contribution in [3.63, 3.8) is 0 Å². The minimum atomic E-state index is -3.46. The molecule has 6 nitrogen and oxygen atoms in total. The summed E-state index contributed by atoms with van der Waals surface area (Å²) in [6, 6.07) is 7.01. The average Bonchev–Trinajstić information content (AvgIpc) is 3.23. The lowest BCUT2D eigenvalue weighted by molar-refractivity contribution is 0.0730. The number of ether oxygens (including phenoxy) is 1. The van der Waals surface area contributed by atoms with Gasteiger partial charge in [-0.1, -0.05) is 51.2 Å². The minimum Gasteiger partial charge on any atom is -0.379 e. The van der Waals surface area contributed by atoms with Crippen LogP contribution in [-0.4, -0.2) is 50.6 Å². The van der Waals surface area contributed by atoms with E-state index >= 15 is 0 Å². The van der Waals surface area contributed by atoms with Gasteiger partial charge in [0.1, 0.15) is 0 Å². The summed E-state index contributed by atoms with van der Waals surface area (Å²) in [6.07, 6.45) is 7.65. The Bertz CT molecular complexity index is 844. The Morgan fingerprint density at radius 2 is 1.76 bits per heavy atom. The monoisotopic (exact) mass is 437 g/mol. The van der Waals surface area contributed by atoms with E-state index in [4.69, 9.17) is 4.74 Å². The van der Waals surface area contributed by atoms with Crippen molar-refractivity contribution in [1.29, 1.82) is 0 Å². The van der Waals surface area contributed by atoms with Crippen molar-refractivity contribution in [1.82, 2.24) is 9.29 Å².